The zero-order chi connectivity index (χ0) is 18.3. The maximum atomic E-state index is 12.7. The molecule has 26 heavy (non-hydrogen) atoms. The van der Waals surface area contributed by atoms with Gasteiger partial charge < -0.3 is 4.90 Å². The molecule has 0 bridgehead atoms. The van der Waals surface area contributed by atoms with Crippen molar-refractivity contribution in [2.24, 2.45) is 0 Å². The van der Waals surface area contributed by atoms with E-state index < -0.39 is 4.92 Å². The summed E-state index contributed by atoms with van der Waals surface area (Å²) in [5, 5.41) is 16.2. The third-order valence-electron chi connectivity index (χ3n) is 4.52. The van der Waals surface area contributed by atoms with Gasteiger partial charge in [0.25, 0.3) is 11.2 Å². The molecule has 0 unspecified atom stereocenters. The Hall–Kier alpha value is -3.55. The molecule has 0 atom stereocenters. The fourth-order valence-electron chi connectivity index (χ4n) is 3.21. The highest BCUT2D eigenvalue weighted by atomic mass is 16.6. The Bertz CT molecular complexity index is 1110. The minimum Gasteiger partial charge on any atom is -0.310 e. The fourth-order valence-corrected chi connectivity index (χ4v) is 3.21. The molecule has 0 aliphatic carbocycles. The molecular weight excluding hydrogens is 336 g/mol. The van der Waals surface area contributed by atoms with Crippen LogP contribution in [0.5, 0.6) is 0 Å². The van der Waals surface area contributed by atoms with Gasteiger partial charge in [0, 0.05) is 29.8 Å². The molecule has 1 aliphatic heterocycles. The second-order valence-electron chi connectivity index (χ2n) is 6.06. The summed E-state index contributed by atoms with van der Waals surface area (Å²) in [6.45, 7) is 0.248. The molecule has 1 aromatic heterocycles. The molecule has 3 aromatic rings. The number of benzene rings is 2. The van der Waals surface area contributed by atoms with Gasteiger partial charge in [-0.25, -0.2) is 4.68 Å². The van der Waals surface area contributed by atoms with Crippen molar-refractivity contribution in [1.82, 2.24) is 9.78 Å². The Morgan fingerprint density at radius 2 is 2.04 bits per heavy atom. The smallest absolute Gasteiger partial charge is 0.275 e. The van der Waals surface area contributed by atoms with Crippen LogP contribution in [-0.2, 0) is 17.8 Å². The lowest BCUT2D eigenvalue weighted by Crippen LogP contribution is -2.36. The van der Waals surface area contributed by atoms with E-state index in [1.54, 1.807) is 35.4 Å². The van der Waals surface area contributed by atoms with Gasteiger partial charge in [-0.3, -0.25) is 19.7 Å². The SMILES string of the molecule is O=C(Cn1ncc2ccccc2c1=O)N1CCc2cc([N+](=O)[O-])ccc21. The van der Waals surface area contributed by atoms with Crippen LogP contribution >= 0.6 is 0 Å². The molecule has 8 nitrogen and oxygen atoms in total. The van der Waals surface area contributed by atoms with Crippen LogP contribution in [0.4, 0.5) is 11.4 Å². The zero-order valence-corrected chi connectivity index (χ0v) is 13.7. The Balaban J connectivity index is 1.62. The van der Waals surface area contributed by atoms with Crippen LogP contribution in [0, 0.1) is 10.1 Å². The predicted octanol–water partition coefficient (Wildman–Crippen LogP) is 1.89. The van der Waals surface area contributed by atoms with Crippen LogP contribution < -0.4 is 10.5 Å². The van der Waals surface area contributed by atoms with Gasteiger partial charge in [-0.15, -0.1) is 0 Å². The number of nitro groups is 1. The van der Waals surface area contributed by atoms with E-state index in [1.165, 1.54) is 12.1 Å². The van der Waals surface area contributed by atoms with Crippen molar-refractivity contribution in [3.63, 3.8) is 0 Å². The minimum atomic E-state index is -0.455. The molecule has 0 saturated heterocycles. The van der Waals surface area contributed by atoms with Crippen molar-refractivity contribution < 1.29 is 9.72 Å². The number of carbonyl (C=O) groups excluding carboxylic acids is 1. The van der Waals surface area contributed by atoms with Gasteiger partial charge in [0.2, 0.25) is 5.91 Å². The second-order valence-corrected chi connectivity index (χ2v) is 6.06. The molecule has 8 heteroatoms. The van der Waals surface area contributed by atoms with E-state index in [9.17, 15) is 19.7 Å². The average Bonchev–Trinajstić information content (AvgIpc) is 3.07. The van der Waals surface area contributed by atoms with Crippen LogP contribution in [-0.4, -0.2) is 27.2 Å². The van der Waals surface area contributed by atoms with E-state index in [-0.39, 0.29) is 23.7 Å². The van der Waals surface area contributed by atoms with Crippen molar-refractivity contribution in [1.29, 1.82) is 0 Å². The number of rotatable bonds is 3. The van der Waals surface area contributed by atoms with Crippen LogP contribution in [0.15, 0.2) is 53.5 Å². The second kappa shape index (κ2) is 6.07. The number of hydrogen-bond acceptors (Lipinski definition) is 5. The standard InChI is InChI=1S/C18H14N4O4/c23-17(11-21-18(24)15-4-2-1-3-13(15)10-19-21)20-8-7-12-9-14(22(25)26)5-6-16(12)20/h1-6,9-10H,7-8,11H2. The Labute approximate surface area is 147 Å². The van der Waals surface area contributed by atoms with Crippen LogP contribution in [0.25, 0.3) is 10.8 Å². The predicted molar refractivity (Wildman–Crippen MR) is 95.2 cm³/mol. The van der Waals surface area contributed by atoms with Crippen molar-refractivity contribution in [2.75, 3.05) is 11.4 Å². The van der Waals surface area contributed by atoms with Crippen molar-refractivity contribution in [2.45, 2.75) is 13.0 Å². The molecule has 130 valence electrons. The number of non-ortho nitro benzene ring substituents is 1. The molecule has 0 fully saturated rings. The quantitative estimate of drug-likeness (QED) is 0.531. The summed E-state index contributed by atoms with van der Waals surface area (Å²) in [5.74, 6) is -0.275. The Morgan fingerprint density at radius 1 is 1.23 bits per heavy atom. The molecule has 2 heterocycles. The molecule has 0 saturated carbocycles. The summed E-state index contributed by atoms with van der Waals surface area (Å²) in [6.07, 6.45) is 2.11. The first-order chi connectivity index (χ1) is 12.5. The summed E-state index contributed by atoms with van der Waals surface area (Å²) in [6, 6.07) is 11.5. The van der Waals surface area contributed by atoms with Gasteiger partial charge in [0.1, 0.15) is 6.54 Å². The van der Waals surface area contributed by atoms with Gasteiger partial charge >= 0.3 is 0 Å². The number of carbonyl (C=O) groups is 1. The maximum Gasteiger partial charge on any atom is 0.275 e. The summed E-state index contributed by atoms with van der Waals surface area (Å²) in [4.78, 5) is 37.1. The summed E-state index contributed by atoms with van der Waals surface area (Å²) in [7, 11) is 0. The van der Waals surface area contributed by atoms with E-state index in [1.807, 2.05) is 6.07 Å². The number of nitro benzene ring substituents is 1. The lowest BCUT2D eigenvalue weighted by molar-refractivity contribution is -0.384. The van der Waals surface area contributed by atoms with Crippen LogP contribution in [0.3, 0.4) is 0 Å². The highest BCUT2D eigenvalue weighted by molar-refractivity contribution is 5.95. The first-order valence-electron chi connectivity index (χ1n) is 8.07. The van der Waals surface area contributed by atoms with Crippen molar-refractivity contribution in [3.05, 3.63) is 74.7 Å². The van der Waals surface area contributed by atoms with Crippen LogP contribution in [0.2, 0.25) is 0 Å². The van der Waals surface area contributed by atoms with Gasteiger partial charge in [-0.2, -0.15) is 5.10 Å². The molecule has 0 radical (unpaired) electrons. The van der Waals surface area contributed by atoms with Crippen LogP contribution in [0.1, 0.15) is 5.56 Å². The molecule has 2 aromatic carbocycles. The maximum absolute atomic E-state index is 12.7. The topological polar surface area (TPSA) is 98.3 Å². The van der Waals surface area contributed by atoms with E-state index >= 15 is 0 Å². The number of amides is 1. The van der Waals surface area contributed by atoms with E-state index in [2.05, 4.69) is 5.10 Å². The Morgan fingerprint density at radius 3 is 2.85 bits per heavy atom. The summed E-state index contributed by atoms with van der Waals surface area (Å²) < 4.78 is 1.15. The number of nitrogens with zero attached hydrogens (tertiary/aromatic N) is 4. The summed E-state index contributed by atoms with van der Waals surface area (Å²) in [5.41, 5.74) is 1.09. The van der Waals surface area contributed by atoms with E-state index in [4.69, 9.17) is 0 Å². The molecule has 0 N–H and O–H groups in total. The molecular formula is C18H14N4O4. The van der Waals surface area contributed by atoms with Crippen molar-refractivity contribution in [3.8, 4) is 0 Å². The first kappa shape index (κ1) is 15.9. The van der Waals surface area contributed by atoms with Gasteiger partial charge in [-0.1, -0.05) is 18.2 Å². The van der Waals surface area contributed by atoms with E-state index in [0.717, 1.165) is 15.6 Å². The number of aromatic nitrogens is 2. The zero-order valence-electron chi connectivity index (χ0n) is 13.7. The molecule has 1 amide bonds. The molecule has 1 aliphatic rings. The minimum absolute atomic E-state index is 0.00506. The van der Waals surface area contributed by atoms with Gasteiger partial charge in [0.05, 0.1) is 16.5 Å². The van der Waals surface area contributed by atoms with Gasteiger partial charge in [0.15, 0.2) is 0 Å². The van der Waals surface area contributed by atoms with Gasteiger partial charge in [-0.05, 0) is 24.1 Å². The molecule has 4 rings (SSSR count). The molecule has 0 spiro atoms. The highest BCUT2D eigenvalue weighted by Crippen LogP contribution is 2.31. The third kappa shape index (κ3) is 2.61. The first-order valence-corrected chi connectivity index (χ1v) is 8.07. The third-order valence-corrected chi connectivity index (χ3v) is 4.52. The van der Waals surface area contributed by atoms with Crippen molar-refractivity contribution >= 4 is 28.1 Å². The lowest BCUT2D eigenvalue weighted by Gasteiger charge is -2.17. The van der Waals surface area contributed by atoms with E-state index in [0.29, 0.717) is 24.0 Å². The summed E-state index contributed by atoms with van der Waals surface area (Å²) >= 11 is 0. The highest BCUT2D eigenvalue weighted by Gasteiger charge is 2.27. The monoisotopic (exact) mass is 350 g/mol. The average molecular weight is 350 g/mol. The lowest BCUT2D eigenvalue weighted by atomic mass is 10.1. The number of fused-ring (bicyclic) bond motifs is 2. The fraction of sp³-hybridized carbons (Fsp3) is 0.167. The number of hydrogen-bond donors (Lipinski definition) is 0. The normalized spacial score (nSPS) is 13.0. The Kier molecular flexibility index (Phi) is 3.72. The number of anilines is 1. The largest absolute Gasteiger partial charge is 0.310 e.